The first-order chi connectivity index (χ1) is 8.21. The molecule has 3 N–H and O–H groups in total. The summed E-state index contributed by atoms with van der Waals surface area (Å²) in [7, 11) is 0. The standard InChI is InChI=1S/C13H19N3O/c14-13(6-1-2-7-13)12(17)16-10-5-11-3-8-15-9-4-11/h3-4,8-9H,1-2,5-7,10,14H2,(H,16,17). The van der Waals surface area contributed by atoms with Crippen molar-refractivity contribution in [2.45, 2.75) is 37.6 Å². The molecular weight excluding hydrogens is 214 g/mol. The number of nitrogens with one attached hydrogen (secondary N) is 1. The molecule has 0 spiro atoms. The Morgan fingerprint density at radius 3 is 2.65 bits per heavy atom. The summed E-state index contributed by atoms with van der Waals surface area (Å²) < 4.78 is 0. The predicted octanol–water partition coefficient (Wildman–Crippen LogP) is 1.01. The van der Waals surface area contributed by atoms with Crippen LogP contribution in [0, 0.1) is 0 Å². The van der Waals surface area contributed by atoms with Gasteiger partial charge in [0, 0.05) is 18.9 Å². The fourth-order valence-corrected chi connectivity index (χ4v) is 2.28. The predicted molar refractivity (Wildman–Crippen MR) is 66.3 cm³/mol. The van der Waals surface area contributed by atoms with Crippen LogP contribution < -0.4 is 11.1 Å². The fourth-order valence-electron chi connectivity index (χ4n) is 2.28. The maximum Gasteiger partial charge on any atom is 0.240 e. The van der Waals surface area contributed by atoms with E-state index >= 15 is 0 Å². The lowest BCUT2D eigenvalue weighted by atomic mass is 9.98. The first-order valence-corrected chi connectivity index (χ1v) is 6.17. The van der Waals surface area contributed by atoms with E-state index in [0.29, 0.717) is 6.54 Å². The van der Waals surface area contributed by atoms with E-state index in [-0.39, 0.29) is 5.91 Å². The minimum Gasteiger partial charge on any atom is -0.354 e. The van der Waals surface area contributed by atoms with E-state index in [0.717, 1.165) is 32.1 Å². The molecule has 4 heteroatoms. The van der Waals surface area contributed by atoms with Gasteiger partial charge in [-0.1, -0.05) is 12.8 Å². The normalized spacial score (nSPS) is 17.9. The van der Waals surface area contributed by atoms with Crippen molar-refractivity contribution in [1.29, 1.82) is 0 Å². The molecule has 2 rings (SSSR count). The summed E-state index contributed by atoms with van der Waals surface area (Å²) >= 11 is 0. The molecule has 92 valence electrons. The average Bonchev–Trinajstić information content (AvgIpc) is 2.79. The van der Waals surface area contributed by atoms with Gasteiger partial charge < -0.3 is 11.1 Å². The van der Waals surface area contributed by atoms with E-state index in [9.17, 15) is 4.79 Å². The third kappa shape index (κ3) is 3.03. The maximum atomic E-state index is 11.9. The lowest BCUT2D eigenvalue weighted by Gasteiger charge is -2.22. The van der Waals surface area contributed by atoms with E-state index in [4.69, 9.17) is 5.73 Å². The molecule has 1 heterocycles. The number of hydrogen-bond donors (Lipinski definition) is 2. The van der Waals surface area contributed by atoms with Crippen molar-refractivity contribution in [3.63, 3.8) is 0 Å². The Labute approximate surface area is 102 Å². The number of carbonyl (C=O) groups is 1. The van der Waals surface area contributed by atoms with Crippen LogP contribution in [0.3, 0.4) is 0 Å². The minimum absolute atomic E-state index is 0.00376. The van der Waals surface area contributed by atoms with Gasteiger partial charge in [-0.3, -0.25) is 9.78 Å². The van der Waals surface area contributed by atoms with E-state index in [1.807, 2.05) is 12.1 Å². The summed E-state index contributed by atoms with van der Waals surface area (Å²) in [6.07, 6.45) is 8.10. The first kappa shape index (κ1) is 12.0. The van der Waals surface area contributed by atoms with Gasteiger partial charge in [0.05, 0.1) is 5.54 Å². The summed E-state index contributed by atoms with van der Waals surface area (Å²) in [4.78, 5) is 15.9. The van der Waals surface area contributed by atoms with E-state index in [1.165, 1.54) is 5.56 Å². The van der Waals surface area contributed by atoms with Crippen molar-refractivity contribution in [2.75, 3.05) is 6.54 Å². The molecule has 1 aromatic heterocycles. The summed E-state index contributed by atoms with van der Waals surface area (Å²) in [6, 6.07) is 3.92. The van der Waals surface area contributed by atoms with Gasteiger partial charge in [0.15, 0.2) is 0 Å². The maximum absolute atomic E-state index is 11.9. The molecule has 0 aliphatic heterocycles. The highest BCUT2D eigenvalue weighted by molar-refractivity contribution is 5.86. The van der Waals surface area contributed by atoms with Crippen molar-refractivity contribution < 1.29 is 4.79 Å². The second kappa shape index (κ2) is 5.27. The number of hydrogen-bond acceptors (Lipinski definition) is 3. The number of aromatic nitrogens is 1. The number of carbonyl (C=O) groups excluding carboxylic acids is 1. The highest BCUT2D eigenvalue weighted by atomic mass is 16.2. The Hall–Kier alpha value is -1.42. The Kier molecular flexibility index (Phi) is 3.74. The van der Waals surface area contributed by atoms with Crippen LogP contribution in [0.25, 0.3) is 0 Å². The van der Waals surface area contributed by atoms with Crippen molar-refractivity contribution in [2.24, 2.45) is 5.73 Å². The van der Waals surface area contributed by atoms with Crippen LogP contribution in [0.15, 0.2) is 24.5 Å². The van der Waals surface area contributed by atoms with Crippen molar-refractivity contribution in [3.8, 4) is 0 Å². The monoisotopic (exact) mass is 233 g/mol. The second-order valence-corrected chi connectivity index (χ2v) is 4.72. The van der Waals surface area contributed by atoms with Crippen LogP contribution in [0.4, 0.5) is 0 Å². The third-order valence-corrected chi connectivity index (χ3v) is 3.40. The molecule has 1 fully saturated rings. The van der Waals surface area contributed by atoms with Crippen LogP contribution in [-0.2, 0) is 11.2 Å². The van der Waals surface area contributed by atoms with Gasteiger partial charge in [-0.25, -0.2) is 0 Å². The van der Waals surface area contributed by atoms with Gasteiger partial charge in [-0.2, -0.15) is 0 Å². The lowest BCUT2D eigenvalue weighted by Crippen LogP contribution is -2.52. The first-order valence-electron chi connectivity index (χ1n) is 6.17. The van der Waals surface area contributed by atoms with Crippen LogP contribution in [0.1, 0.15) is 31.2 Å². The molecule has 0 saturated heterocycles. The van der Waals surface area contributed by atoms with Gasteiger partial charge in [0.25, 0.3) is 0 Å². The molecule has 1 saturated carbocycles. The smallest absolute Gasteiger partial charge is 0.240 e. The van der Waals surface area contributed by atoms with E-state index < -0.39 is 5.54 Å². The second-order valence-electron chi connectivity index (χ2n) is 4.72. The summed E-state index contributed by atoms with van der Waals surface area (Å²) in [5.41, 5.74) is 6.63. The van der Waals surface area contributed by atoms with Crippen molar-refractivity contribution in [1.82, 2.24) is 10.3 Å². The zero-order valence-corrected chi connectivity index (χ0v) is 9.98. The Morgan fingerprint density at radius 1 is 1.35 bits per heavy atom. The highest BCUT2D eigenvalue weighted by Gasteiger charge is 2.36. The molecule has 17 heavy (non-hydrogen) atoms. The molecule has 0 aromatic carbocycles. The molecule has 1 aromatic rings. The van der Waals surface area contributed by atoms with Gasteiger partial charge in [-0.05, 0) is 37.0 Å². The average molecular weight is 233 g/mol. The van der Waals surface area contributed by atoms with Gasteiger partial charge in [0.2, 0.25) is 5.91 Å². The SMILES string of the molecule is NC1(C(=O)NCCc2ccncc2)CCCC1. The van der Waals surface area contributed by atoms with Crippen LogP contribution >= 0.6 is 0 Å². The number of rotatable bonds is 4. The van der Waals surface area contributed by atoms with Crippen LogP contribution in [0.2, 0.25) is 0 Å². The lowest BCUT2D eigenvalue weighted by molar-refractivity contribution is -0.126. The van der Waals surface area contributed by atoms with Crippen molar-refractivity contribution in [3.05, 3.63) is 30.1 Å². The minimum atomic E-state index is -0.613. The van der Waals surface area contributed by atoms with E-state index in [1.54, 1.807) is 12.4 Å². The number of nitrogens with two attached hydrogens (primary N) is 1. The number of pyridine rings is 1. The molecular formula is C13H19N3O. The molecule has 0 bridgehead atoms. The molecule has 1 amide bonds. The van der Waals surface area contributed by atoms with Crippen LogP contribution in [-0.4, -0.2) is 23.0 Å². The summed E-state index contributed by atoms with van der Waals surface area (Å²) in [6.45, 7) is 0.641. The summed E-state index contributed by atoms with van der Waals surface area (Å²) in [5.74, 6) is 0.00376. The van der Waals surface area contributed by atoms with Gasteiger partial charge in [-0.15, -0.1) is 0 Å². The molecule has 0 radical (unpaired) electrons. The van der Waals surface area contributed by atoms with E-state index in [2.05, 4.69) is 10.3 Å². The molecule has 4 nitrogen and oxygen atoms in total. The number of nitrogens with zero attached hydrogens (tertiary/aromatic N) is 1. The molecule has 1 aliphatic rings. The quantitative estimate of drug-likeness (QED) is 0.815. The molecule has 0 atom stereocenters. The Balaban J connectivity index is 1.77. The highest BCUT2D eigenvalue weighted by Crippen LogP contribution is 2.27. The molecule has 0 unspecified atom stereocenters. The number of amides is 1. The zero-order chi connectivity index (χ0) is 12.1. The Bertz CT molecular complexity index is 372. The summed E-state index contributed by atoms with van der Waals surface area (Å²) in [5, 5.41) is 2.93. The zero-order valence-electron chi connectivity index (χ0n) is 9.98. The van der Waals surface area contributed by atoms with Crippen LogP contribution in [0.5, 0.6) is 0 Å². The Morgan fingerprint density at radius 2 is 2.00 bits per heavy atom. The van der Waals surface area contributed by atoms with Crippen molar-refractivity contribution >= 4 is 5.91 Å². The third-order valence-electron chi connectivity index (χ3n) is 3.40. The molecule has 1 aliphatic carbocycles. The fraction of sp³-hybridized carbons (Fsp3) is 0.538. The van der Waals surface area contributed by atoms with Gasteiger partial charge >= 0.3 is 0 Å². The largest absolute Gasteiger partial charge is 0.354 e. The van der Waals surface area contributed by atoms with Gasteiger partial charge in [0.1, 0.15) is 0 Å². The topological polar surface area (TPSA) is 68.0 Å².